The number of amides is 1. The molecular formula is C22H14ClF3N2O2S. The number of furan rings is 1. The third-order valence-electron chi connectivity index (χ3n) is 4.39. The van der Waals surface area contributed by atoms with Gasteiger partial charge in [-0.2, -0.15) is 13.2 Å². The van der Waals surface area contributed by atoms with E-state index in [1.807, 2.05) is 31.2 Å². The van der Waals surface area contributed by atoms with Crippen molar-refractivity contribution in [2.45, 2.75) is 13.1 Å². The largest absolute Gasteiger partial charge is 0.457 e. The zero-order valence-electron chi connectivity index (χ0n) is 16.0. The normalized spacial score (nSPS) is 16.9. The smallest absolute Gasteiger partial charge is 0.416 e. The summed E-state index contributed by atoms with van der Waals surface area (Å²) in [6.45, 7) is 1.96. The second-order valence-electron chi connectivity index (χ2n) is 6.71. The first-order valence-corrected chi connectivity index (χ1v) is 10.2. The molecule has 1 N–H and O–H groups in total. The van der Waals surface area contributed by atoms with Gasteiger partial charge in [-0.3, -0.25) is 4.79 Å². The van der Waals surface area contributed by atoms with Gasteiger partial charge < -0.3 is 9.73 Å². The molecular weight excluding hydrogens is 449 g/mol. The summed E-state index contributed by atoms with van der Waals surface area (Å²) >= 11 is 7.03. The third-order valence-corrected chi connectivity index (χ3v) is 5.54. The van der Waals surface area contributed by atoms with E-state index in [2.05, 4.69) is 10.3 Å². The molecule has 3 aromatic rings. The average Bonchev–Trinajstić information content (AvgIpc) is 3.30. The van der Waals surface area contributed by atoms with Gasteiger partial charge in [0.2, 0.25) is 0 Å². The molecule has 4 rings (SSSR count). The number of nitrogens with zero attached hydrogens (tertiary/aromatic N) is 1. The molecule has 1 saturated heterocycles. The Balaban J connectivity index is 1.66. The van der Waals surface area contributed by atoms with E-state index < -0.39 is 11.7 Å². The fourth-order valence-corrected chi connectivity index (χ4v) is 3.78. The maximum atomic E-state index is 13.0. The van der Waals surface area contributed by atoms with Crippen LogP contribution in [0.4, 0.5) is 23.7 Å². The Labute approximate surface area is 184 Å². The molecule has 1 fully saturated rings. The molecule has 4 nitrogen and oxygen atoms in total. The summed E-state index contributed by atoms with van der Waals surface area (Å²) in [5.41, 5.74) is 1.06. The highest BCUT2D eigenvalue weighted by Crippen LogP contribution is 2.37. The van der Waals surface area contributed by atoms with Gasteiger partial charge in [0.15, 0.2) is 0 Å². The summed E-state index contributed by atoms with van der Waals surface area (Å²) in [6.07, 6.45) is -2.90. The quantitative estimate of drug-likeness (QED) is 0.439. The van der Waals surface area contributed by atoms with Gasteiger partial charge in [0.05, 0.1) is 21.2 Å². The van der Waals surface area contributed by atoms with Crippen LogP contribution in [0.5, 0.6) is 0 Å². The van der Waals surface area contributed by atoms with Crippen molar-refractivity contribution in [1.29, 1.82) is 0 Å². The van der Waals surface area contributed by atoms with Gasteiger partial charge in [-0.05, 0) is 67.2 Å². The number of carbonyl (C=O) groups excluding carboxylic acids is 1. The second kappa shape index (κ2) is 8.28. The number of aliphatic imine (C=N–C) groups is 1. The molecule has 31 heavy (non-hydrogen) atoms. The molecule has 1 amide bonds. The standard InChI is InChI=1S/C22H14ClF3N2O2S/c1-12-2-5-14(6-3-12)27-20-19(31-21(29)28-20)11-15-7-9-18(30-15)16-10-13(22(24,25)26)4-8-17(16)23/h2-11H,1H3,(H,27,28,29)/b19-11-. The monoisotopic (exact) mass is 462 g/mol. The van der Waals surface area contributed by atoms with Crippen LogP contribution in [0, 0.1) is 6.92 Å². The van der Waals surface area contributed by atoms with Crippen molar-refractivity contribution >= 4 is 46.2 Å². The number of hydrogen-bond acceptors (Lipinski definition) is 4. The molecule has 0 bridgehead atoms. The molecule has 0 radical (unpaired) electrons. The van der Waals surface area contributed by atoms with Crippen LogP contribution in [0.15, 0.2) is 68.9 Å². The zero-order valence-corrected chi connectivity index (χ0v) is 17.5. The highest BCUT2D eigenvalue weighted by Gasteiger charge is 2.31. The number of benzene rings is 2. The van der Waals surface area contributed by atoms with E-state index >= 15 is 0 Å². The van der Waals surface area contributed by atoms with Crippen LogP contribution in [-0.2, 0) is 6.18 Å². The number of hydrogen-bond donors (Lipinski definition) is 1. The summed E-state index contributed by atoms with van der Waals surface area (Å²) in [4.78, 5) is 16.9. The minimum atomic E-state index is -4.50. The van der Waals surface area contributed by atoms with Crippen molar-refractivity contribution in [3.05, 3.63) is 81.4 Å². The minimum Gasteiger partial charge on any atom is -0.457 e. The lowest BCUT2D eigenvalue weighted by Crippen LogP contribution is -2.18. The highest BCUT2D eigenvalue weighted by atomic mass is 35.5. The van der Waals surface area contributed by atoms with E-state index in [-0.39, 0.29) is 21.6 Å². The lowest BCUT2D eigenvalue weighted by atomic mass is 10.1. The predicted molar refractivity (Wildman–Crippen MR) is 117 cm³/mol. The van der Waals surface area contributed by atoms with Gasteiger partial charge in [-0.1, -0.05) is 29.3 Å². The maximum Gasteiger partial charge on any atom is 0.416 e. The van der Waals surface area contributed by atoms with Crippen molar-refractivity contribution in [3.63, 3.8) is 0 Å². The van der Waals surface area contributed by atoms with E-state index in [0.717, 1.165) is 29.5 Å². The van der Waals surface area contributed by atoms with Crippen LogP contribution < -0.4 is 5.32 Å². The van der Waals surface area contributed by atoms with E-state index in [4.69, 9.17) is 16.0 Å². The number of thioether (sulfide) groups is 1. The lowest BCUT2D eigenvalue weighted by molar-refractivity contribution is -0.137. The highest BCUT2D eigenvalue weighted by molar-refractivity contribution is 8.18. The van der Waals surface area contributed by atoms with Crippen LogP contribution >= 0.6 is 23.4 Å². The van der Waals surface area contributed by atoms with Gasteiger partial charge in [-0.25, -0.2) is 4.99 Å². The molecule has 158 valence electrons. The minimum absolute atomic E-state index is 0.128. The second-order valence-corrected chi connectivity index (χ2v) is 8.14. The van der Waals surface area contributed by atoms with Crippen molar-refractivity contribution in [1.82, 2.24) is 5.32 Å². The number of aryl methyl sites for hydroxylation is 1. The molecule has 1 aliphatic heterocycles. The summed E-state index contributed by atoms with van der Waals surface area (Å²) in [6, 6.07) is 13.6. The van der Waals surface area contributed by atoms with Gasteiger partial charge >= 0.3 is 6.18 Å². The maximum absolute atomic E-state index is 13.0. The Morgan fingerprint density at radius 3 is 2.55 bits per heavy atom. The summed E-state index contributed by atoms with van der Waals surface area (Å²) < 4.78 is 44.8. The van der Waals surface area contributed by atoms with Crippen LogP contribution in [-0.4, -0.2) is 11.1 Å². The van der Waals surface area contributed by atoms with Gasteiger partial charge in [-0.15, -0.1) is 0 Å². The van der Waals surface area contributed by atoms with Crippen LogP contribution in [0.2, 0.25) is 5.02 Å². The number of carbonyl (C=O) groups is 1. The SMILES string of the molecule is Cc1ccc(N=C2NC(=O)S/C2=C\c2ccc(-c3cc(C(F)(F)F)ccc3Cl)o2)cc1. The predicted octanol–water partition coefficient (Wildman–Crippen LogP) is 7.45. The third kappa shape index (κ3) is 4.86. The van der Waals surface area contributed by atoms with E-state index in [9.17, 15) is 18.0 Å². The Bertz CT molecular complexity index is 1210. The molecule has 0 unspecified atom stereocenters. The number of nitrogens with one attached hydrogen (secondary N) is 1. The van der Waals surface area contributed by atoms with Crippen molar-refractivity contribution in [2.75, 3.05) is 0 Å². The molecule has 0 aliphatic carbocycles. The Kier molecular flexibility index (Phi) is 5.68. The Morgan fingerprint density at radius 1 is 1.10 bits per heavy atom. The lowest BCUT2D eigenvalue weighted by Gasteiger charge is -2.09. The van der Waals surface area contributed by atoms with E-state index in [1.54, 1.807) is 12.1 Å². The summed E-state index contributed by atoms with van der Waals surface area (Å²) in [7, 11) is 0. The van der Waals surface area contributed by atoms with Crippen molar-refractivity contribution in [3.8, 4) is 11.3 Å². The fraction of sp³-hybridized carbons (Fsp3) is 0.0909. The summed E-state index contributed by atoms with van der Waals surface area (Å²) in [5, 5.41) is 2.52. The number of rotatable bonds is 3. The molecule has 0 atom stereocenters. The topological polar surface area (TPSA) is 54.6 Å². The van der Waals surface area contributed by atoms with Crippen molar-refractivity contribution in [2.24, 2.45) is 4.99 Å². The Hall–Kier alpha value is -2.97. The van der Waals surface area contributed by atoms with Gasteiger partial charge in [0, 0.05) is 5.56 Å². The molecule has 0 spiro atoms. The average molecular weight is 463 g/mol. The van der Waals surface area contributed by atoms with E-state index in [1.165, 1.54) is 12.1 Å². The van der Waals surface area contributed by atoms with Crippen LogP contribution in [0.3, 0.4) is 0 Å². The molecule has 9 heteroatoms. The molecule has 1 aromatic heterocycles. The van der Waals surface area contributed by atoms with Crippen molar-refractivity contribution < 1.29 is 22.4 Å². The first-order valence-electron chi connectivity index (χ1n) is 9.02. The fourth-order valence-electron chi connectivity index (χ4n) is 2.86. The zero-order chi connectivity index (χ0) is 22.2. The van der Waals surface area contributed by atoms with E-state index in [0.29, 0.717) is 22.2 Å². The summed E-state index contributed by atoms with van der Waals surface area (Å²) in [5.74, 6) is 0.898. The number of alkyl halides is 3. The molecule has 2 heterocycles. The molecule has 2 aromatic carbocycles. The van der Waals surface area contributed by atoms with Gasteiger partial charge in [0.25, 0.3) is 5.24 Å². The number of amidine groups is 1. The molecule has 0 saturated carbocycles. The Morgan fingerprint density at radius 2 is 1.84 bits per heavy atom. The first-order chi connectivity index (χ1) is 14.7. The molecule has 1 aliphatic rings. The number of halogens is 4. The van der Waals surface area contributed by atoms with Crippen LogP contribution in [0.25, 0.3) is 17.4 Å². The van der Waals surface area contributed by atoms with Crippen LogP contribution in [0.1, 0.15) is 16.9 Å². The first kappa shape index (κ1) is 21.3. The van der Waals surface area contributed by atoms with Gasteiger partial charge in [0.1, 0.15) is 17.4 Å².